The first kappa shape index (κ1) is 22.0. The fourth-order valence-electron chi connectivity index (χ4n) is 4.20. The highest BCUT2D eigenvalue weighted by Gasteiger charge is 2.20. The molecule has 1 aromatic heterocycles. The summed E-state index contributed by atoms with van der Waals surface area (Å²) in [5, 5.41) is 10.4. The summed E-state index contributed by atoms with van der Waals surface area (Å²) in [4.78, 5) is 1.90. The Morgan fingerprint density at radius 1 is 0.686 bits per heavy atom. The lowest BCUT2D eigenvalue weighted by Gasteiger charge is -2.29. The van der Waals surface area contributed by atoms with Gasteiger partial charge in [0, 0.05) is 35.3 Å². The van der Waals surface area contributed by atoms with E-state index in [-0.39, 0.29) is 0 Å². The largest absolute Gasteiger partial charge is 0.403 e. The Morgan fingerprint density at radius 2 is 1.23 bits per heavy atom. The van der Waals surface area contributed by atoms with Crippen LogP contribution in [0.25, 0.3) is 33.5 Å². The molecule has 0 fully saturated rings. The van der Waals surface area contributed by atoms with Crippen molar-refractivity contribution >= 4 is 5.69 Å². The highest BCUT2D eigenvalue weighted by atomic mass is 15.7. The summed E-state index contributed by atoms with van der Waals surface area (Å²) in [6.45, 7) is 0.466. The summed E-state index contributed by atoms with van der Waals surface area (Å²) in [6.07, 6.45) is 5.23. The average Bonchev–Trinajstić information content (AvgIpc) is 3.42. The monoisotopic (exact) mass is 457 g/mol. The predicted octanol–water partition coefficient (Wildman–Crippen LogP) is 6.13. The van der Waals surface area contributed by atoms with Crippen LogP contribution in [0, 0.1) is 0 Å². The fourth-order valence-corrected chi connectivity index (χ4v) is 4.20. The van der Waals surface area contributed by atoms with Crippen molar-refractivity contribution in [2.24, 2.45) is 5.73 Å². The molecule has 0 saturated carbocycles. The van der Waals surface area contributed by atoms with Crippen molar-refractivity contribution in [3.8, 4) is 33.5 Å². The molecular formula is C30H27N5. The van der Waals surface area contributed by atoms with Gasteiger partial charge in [-0.05, 0) is 17.2 Å². The van der Waals surface area contributed by atoms with Crippen LogP contribution in [-0.4, -0.2) is 16.6 Å². The minimum atomic E-state index is 0.466. The molecule has 1 heterocycles. The van der Waals surface area contributed by atoms with E-state index in [1.165, 1.54) is 6.20 Å². The van der Waals surface area contributed by atoms with E-state index in [0.717, 1.165) is 39.2 Å². The van der Waals surface area contributed by atoms with E-state index in [4.69, 9.17) is 10.8 Å². The highest BCUT2D eigenvalue weighted by Crippen LogP contribution is 2.39. The number of benzene rings is 4. The minimum absolute atomic E-state index is 0.466. The molecule has 0 radical (unpaired) electrons. The quantitative estimate of drug-likeness (QED) is 0.275. The van der Waals surface area contributed by atoms with Crippen molar-refractivity contribution in [1.82, 2.24) is 15.2 Å². The van der Waals surface area contributed by atoms with Gasteiger partial charge < -0.3 is 11.1 Å². The molecule has 0 aliphatic heterocycles. The first-order valence-corrected chi connectivity index (χ1v) is 11.6. The number of aromatic nitrogens is 2. The van der Waals surface area contributed by atoms with E-state index in [2.05, 4.69) is 89.2 Å². The van der Waals surface area contributed by atoms with Gasteiger partial charge in [0.05, 0.1) is 11.4 Å². The van der Waals surface area contributed by atoms with Gasteiger partial charge in [-0.25, -0.2) is 5.01 Å². The van der Waals surface area contributed by atoms with Crippen LogP contribution in [0.3, 0.4) is 0 Å². The van der Waals surface area contributed by atoms with Gasteiger partial charge in [-0.1, -0.05) is 109 Å². The van der Waals surface area contributed by atoms with E-state index in [1.54, 1.807) is 6.20 Å². The Morgan fingerprint density at radius 3 is 1.77 bits per heavy atom. The van der Waals surface area contributed by atoms with Gasteiger partial charge in [-0.3, -0.25) is 0 Å². The molecule has 0 aliphatic rings. The predicted molar refractivity (Wildman–Crippen MR) is 144 cm³/mol. The molecule has 0 amide bonds. The second-order valence-corrected chi connectivity index (χ2v) is 8.04. The number of rotatable bonds is 8. The average molecular weight is 458 g/mol. The Hall–Kier alpha value is -4.77. The van der Waals surface area contributed by atoms with E-state index in [9.17, 15) is 0 Å². The molecule has 0 aliphatic carbocycles. The van der Waals surface area contributed by atoms with Crippen LogP contribution in [0.4, 0.5) is 5.69 Å². The van der Waals surface area contributed by atoms with Gasteiger partial charge in [-0.2, -0.15) is 9.89 Å². The molecule has 5 nitrogen and oxygen atoms in total. The lowest BCUT2D eigenvalue weighted by atomic mass is 9.95. The first-order chi connectivity index (χ1) is 17.3. The summed E-state index contributed by atoms with van der Waals surface area (Å²) in [5.41, 5.74) is 13.1. The Balaban J connectivity index is 1.70. The zero-order chi connectivity index (χ0) is 23.9. The van der Waals surface area contributed by atoms with Gasteiger partial charge >= 0.3 is 0 Å². The topological polar surface area (TPSA) is 59.1 Å². The van der Waals surface area contributed by atoms with Crippen molar-refractivity contribution < 1.29 is 0 Å². The maximum Gasteiger partial charge on any atom is 0.110 e. The van der Waals surface area contributed by atoms with Crippen molar-refractivity contribution in [1.29, 1.82) is 0 Å². The highest BCUT2D eigenvalue weighted by molar-refractivity contribution is 5.91. The first-order valence-electron chi connectivity index (χ1n) is 11.6. The van der Waals surface area contributed by atoms with Crippen molar-refractivity contribution in [2.75, 3.05) is 11.7 Å². The summed E-state index contributed by atoms with van der Waals surface area (Å²) >= 11 is 0. The second kappa shape index (κ2) is 10.4. The molecule has 35 heavy (non-hydrogen) atoms. The second-order valence-electron chi connectivity index (χ2n) is 8.04. The molecule has 4 aromatic carbocycles. The number of para-hydroxylation sites is 1. The molecule has 5 aromatic rings. The Labute approximate surface area is 205 Å². The van der Waals surface area contributed by atoms with Gasteiger partial charge in [0.1, 0.15) is 6.67 Å². The molecule has 0 spiro atoms. The molecular weight excluding hydrogens is 430 g/mol. The zero-order valence-electron chi connectivity index (χ0n) is 19.3. The molecule has 0 unspecified atom stereocenters. The lowest BCUT2D eigenvalue weighted by molar-refractivity contribution is 0.595. The van der Waals surface area contributed by atoms with Gasteiger partial charge in [0.25, 0.3) is 0 Å². The van der Waals surface area contributed by atoms with E-state index in [0.29, 0.717) is 6.67 Å². The smallest absolute Gasteiger partial charge is 0.110 e. The number of nitrogens with two attached hydrogens (primary N) is 1. The molecule has 0 atom stereocenters. The third kappa shape index (κ3) is 4.80. The maximum absolute atomic E-state index is 5.63. The molecule has 5 rings (SSSR count). The standard InChI is InChI=1S/C30H27N5/c31-20-21-32-23-34(35-22-19-29(33-35)26-15-8-3-9-16-26)30-27(24-11-4-1-5-12-24)17-10-18-28(30)25-13-6-2-7-14-25/h1-22,32H,23,31H2/b21-20-. The van der Waals surface area contributed by atoms with E-state index < -0.39 is 0 Å². The third-order valence-electron chi connectivity index (χ3n) is 5.81. The van der Waals surface area contributed by atoms with E-state index >= 15 is 0 Å². The van der Waals surface area contributed by atoms with Crippen LogP contribution in [-0.2, 0) is 0 Å². The van der Waals surface area contributed by atoms with Gasteiger partial charge in [0.2, 0.25) is 0 Å². The van der Waals surface area contributed by atoms with Gasteiger partial charge in [0.15, 0.2) is 0 Å². The SMILES string of the molecule is N/C=C\NCN(c1c(-c2ccccc2)cccc1-c1ccccc1)n1ccc(-c2ccccc2)n1. The Bertz CT molecular complexity index is 1340. The number of nitrogens with zero attached hydrogens (tertiary/aromatic N) is 3. The summed E-state index contributed by atoms with van der Waals surface area (Å²) < 4.78 is 0. The zero-order valence-corrected chi connectivity index (χ0v) is 19.3. The molecule has 0 bridgehead atoms. The number of anilines is 1. The van der Waals surface area contributed by atoms with Crippen LogP contribution in [0.2, 0.25) is 0 Å². The molecule has 3 N–H and O–H groups in total. The number of hydrogen-bond donors (Lipinski definition) is 2. The normalized spacial score (nSPS) is 11.0. The van der Waals surface area contributed by atoms with Crippen LogP contribution >= 0.6 is 0 Å². The third-order valence-corrected chi connectivity index (χ3v) is 5.81. The van der Waals surface area contributed by atoms with Crippen molar-refractivity contribution in [3.05, 3.63) is 134 Å². The molecule has 172 valence electrons. The van der Waals surface area contributed by atoms with E-state index in [1.807, 2.05) is 47.4 Å². The fraction of sp³-hybridized carbons (Fsp3) is 0.0333. The number of hydrogen-bond acceptors (Lipinski definition) is 4. The summed E-state index contributed by atoms with van der Waals surface area (Å²) in [7, 11) is 0. The number of nitrogens with one attached hydrogen (secondary N) is 1. The van der Waals surface area contributed by atoms with Gasteiger partial charge in [-0.15, -0.1) is 0 Å². The minimum Gasteiger partial charge on any atom is -0.403 e. The van der Waals surface area contributed by atoms with Crippen LogP contribution in [0.15, 0.2) is 134 Å². The summed E-state index contributed by atoms with van der Waals surface area (Å²) in [5.74, 6) is 0. The summed E-state index contributed by atoms with van der Waals surface area (Å²) in [6, 6.07) is 39.5. The molecule has 5 heteroatoms. The Kier molecular flexibility index (Phi) is 6.58. The van der Waals surface area contributed by atoms with Crippen LogP contribution in [0.5, 0.6) is 0 Å². The van der Waals surface area contributed by atoms with Crippen molar-refractivity contribution in [2.45, 2.75) is 0 Å². The van der Waals surface area contributed by atoms with Crippen LogP contribution in [0.1, 0.15) is 0 Å². The molecule has 0 saturated heterocycles. The van der Waals surface area contributed by atoms with Crippen LogP contribution < -0.4 is 16.1 Å². The maximum atomic E-state index is 5.63. The lowest BCUT2D eigenvalue weighted by Crippen LogP contribution is -2.37. The van der Waals surface area contributed by atoms with Crippen molar-refractivity contribution in [3.63, 3.8) is 0 Å².